The first-order chi connectivity index (χ1) is 12.1. The minimum Gasteiger partial charge on any atom is -0.491 e. The Labute approximate surface area is 163 Å². The molecule has 142 valence electrons. The SMILES string of the molecule is CCN(CC)CCOc1ccccc1C(=O)CCc1ccc(C)cc1.Cl. The third kappa shape index (κ3) is 6.81. The van der Waals surface area contributed by atoms with Gasteiger partial charge in [0.15, 0.2) is 5.78 Å². The van der Waals surface area contributed by atoms with Crippen molar-refractivity contribution >= 4 is 18.2 Å². The van der Waals surface area contributed by atoms with Crippen molar-refractivity contribution in [2.75, 3.05) is 26.2 Å². The maximum absolute atomic E-state index is 12.6. The molecule has 0 N–H and O–H groups in total. The van der Waals surface area contributed by atoms with Crippen LogP contribution in [-0.4, -0.2) is 36.9 Å². The van der Waals surface area contributed by atoms with Gasteiger partial charge < -0.3 is 9.64 Å². The number of para-hydroxylation sites is 1. The fourth-order valence-electron chi connectivity index (χ4n) is 2.79. The zero-order chi connectivity index (χ0) is 18.1. The van der Waals surface area contributed by atoms with Gasteiger partial charge in [-0.25, -0.2) is 0 Å². The molecule has 0 aromatic heterocycles. The van der Waals surface area contributed by atoms with E-state index < -0.39 is 0 Å². The van der Waals surface area contributed by atoms with Gasteiger partial charge in [0.05, 0.1) is 5.56 Å². The largest absolute Gasteiger partial charge is 0.491 e. The Morgan fingerprint density at radius 2 is 1.65 bits per heavy atom. The summed E-state index contributed by atoms with van der Waals surface area (Å²) in [5.41, 5.74) is 3.12. The summed E-state index contributed by atoms with van der Waals surface area (Å²) in [7, 11) is 0. The van der Waals surface area contributed by atoms with Crippen LogP contribution in [0, 0.1) is 6.92 Å². The molecule has 0 saturated heterocycles. The van der Waals surface area contributed by atoms with Gasteiger partial charge >= 0.3 is 0 Å². The van der Waals surface area contributed by atoms with Crippen LogP contribution in [0.1, 0.15) is 41.8 Å². The second-order valence-corrected chi connectivity index (χ2v) is 6.28. The van der Waals surface area contributed by atoms with Crippen molar-refractivity contribution in [3.05, 3.63) is 65.2 Å². The Kier molecular flexibility index (Phi) is 10.0. The first-order valence-electron chi connectivity index (χ1n) is 9.17. The van der Waals surface area contributed by atoms with Crippen molar-refractivity contribution in [1.82, 2.24) is 4.90 Å². The summed E-state index contributed by atoms with van der Waals surface area (Å²) in [5.74, 6) is 0.836. The van der Waals surface area contributed by atoms with Gasteiger partial charge in [0.1, 0.15) is 12.4 Å². The van der Waals surface area contributed by atoms with E-state index in [2.05, 4.69) is 49.9 Å². The minimum absolute atomic E-state index is 0. The van der Waals surface area contributed by atoms with E-state index in [1.165, 1.54) is 11.1 Å². The Morgan fingerprint density at radius 3 is 2.31 bits per heavy atom. The third-order valence-corrected chi connectivity index (χ3v) is 4.51. The van der Waals surface area contributed by atoms with Gasteiger partial charge in [-0.3, -0.25) is 4.79 Å². The molecule has 2 aromatic carbocycles. The summed E-state index contributed by atoms with van der Waals surface area (Å²) >= 11 is 0. The van der Waals surface area contributed by atoms with Gasteiger partial charge in [0.2, 0.25) is 0 Å². The summed E-state index contributed by atoms with van der Waals surface area (Å²) in [5, 5.41) is 0. The van der Waals surface area contributed by atoms with Gasteiger partial charge in [-0.1, -0.05) is 55.8 Å². The fraction of sp³-hybridized carbons (Fsp3) is 0.409. The van der Waals surface area contributed by atoms with Crippen LogP contribution in [0.4, 0.5) is 0 Å². The number of benzene rings is 2. The molecule has 0 unspecified atom stereocenters. The number of hydrogen-bond acceptors (Lipinski definition) is 3. The molecule has 2 rings (SSSR count). The number of halogens is 1. The monoisotopic (exact) mass is 375 g/mol. The number of nitrogens with zero attached hydrogens (tertiary/aromatic N) is 1. The molecule has 0 fully saturated rings. The molecule has 0 amide bonds. The summed E-state index contributed by atoms with van der Waals surface area (Å²) in [4.78, 5) is 14.9. The molecule has 2 aromatic rings. The molecule has 26 heavy (non-hydrogen) atoms. The molecule has 0 atom stereocenters. The number of carbonyl (C=O) groups excluding carboxylic acids is 1. The zero-order valence-electron chi connectivity index (χ0n) is 16.0. The number of ether oxygens (including phenoxy) is 1. The van der Waals surface area contributed by atoms with Gasteiger partial charge in [0, 0.05) is 13.0 Å². The summed E-state index contributed by atoms with van der Waals surface area (Å²) in [6, 6.07) is 15.9. The van der Waals surface area contributed by atoms with Gasteiger partial charge in [0.25, 0.3) is 0 Å². The van der Waals surface area contributed by atoms with Gasteiger partial charge in [-0.15, -0.1) is 12.4 Å². The van der Waals surface area contributed by atoms with E-state index in [0.717, 1.165) is 26.1 Å². The topological polar surface area (TPSA) is 29.5 Å². The fourth-order valence-corrected chi connectivity index (χ4v) is 2.79. The van der Waals surface area contributed by atoms with Crippen LogP contribution in [0.3, 0.4) is 0 Å². The molecule has 0 radical (unpaired) electrons. The van der Waals surface area contributed by atoms with Crippen molar-refractivity contribution in [2.45, 2.75) is 33.6 Å². The first kappa shape index (κ1) is 22.2. The van der Waals surface area contributed by atoms with Crippen molar-refractivity contribution in [3.63, 3.8) is 0 Å². The van der Waals surface area contributed by atoms with Crippen molar-refractivity contribution in [1.29, 1.82) is 0 Å². The van der Waals surface area contributed by atoms with Crippen LogP contribution in [0.5, 0.6) is 5.75 Å². The predicted molar refractivity (Wildman–Crippen MR) is 111 cm³/mol. The summed E-state index contributed by atoms with van der Waals surface area (Å²) in [6.45, 7) is 9.86. The van der Waals surface area contributed by atoms with E-state index in [0.29, 0.717) is 24.3 Å². The Morgan fingerprint density at radius 1 is 1.00 bits per heavy atom. The molecular weight excluding hydrogens is 346 g/mol. The van der Waals surface area contributed by atoms with Crippen LogP contribution < -0.4 is 4.74 Å². The van der Waals surface area contributed by atoms with E-state index in [9.17, 15) is 4.79 Å². The highest BCUT2D eigenvalue weighted by Gasteiger charge is 2.12. The molecule has 0 spiro atoms. The average Bonchev–Trinajstić information content (AvgIpc) is 2.65. The van der Waals surface area contributed by atoms with Crippen LogP contribution >= 0.6 is 12.4 Å². The molecular formula is C22H30ClNO2. The Bertz CT molecular complexity index is 666. The van der Waals surface area contributed by atoms with Crippen LogP contribution in [-0.2, 0) is 6.42 Å². The Hall–Kier alpha value is -1.84. The van der Waals surface area contributed by atoms with E-state index in [4.69, 9.17) is 4.74 Å². The number of hydrogen-bond donors (Lipinski definition) is 0. The van der Waals surface area contributed by atoms with Crippen molar-refractivity contribution < 1.29 is 9.53 Å². The molecule has 0 saturated carbocycles. The second kappa shape index (κ2) is 11.7. The van der Waals surface area contributed by atoms with Crippen molar-refractivity contribution in [3.8, 4) is 5.75 Å². The average molecular weight is 376 g/mol. The number of rotatable bonds is 10. The lowest BCUT2D eigenvalue weighted by atomic mass is 10.0. The lowest BCUT2D eigenvalue weighted by Crippen LogP contribution is -2.28. The van der Waals surface area contributed by atoms with E-state index in [-0.39, 0.29) is 18.2 Å². The van der Waals surface area contributed by atoms with E-state index in [1.54, 1.807) is 0 Å². The minimum atomic E-state index is 0. The lowest BCUT2D eigenvalue weighted by Gasteiger charge is -2.18. The number of likely N-dealkylation sites (N-methyl/N-ethyl adjacent to an activating group) is 1. The molecule has 0 aliphatic rings. The molecule has 0 aliphatic heterocycles. The second-order valence-electron chi connectivity index (χ2n) is 6.28. The highest BCUT2D eigenvalue weighted by atomic mass is 35.5. The summed E-state index contributed by atoms with van der Waals surface area (Å²) < 4.78 is 5.90. The zero-order valence-corrected chi connectivity index (χ0v) is 16.8. The number of Topliss-reactive ketones (excluding diaryl/α,β-unsaturated/α-hetero) is 1. The molecule has 0 heterocycles. The number of ketones is 1. The number of carbonyl (C=O) groups is 1. The smallest absolute Gasteiger partial charge is 0.166 e. The summed E-state index contributed by atoms with van der Waals surface area (Å²) in [6.07, 6.45) is 1.26. The Balaban J connectivity index is 0.00000338. The molecule has 0 bridgehead atoms. The van der Waals surface area contributed by atoms with Crippen molar-refractivity contribution in [2.24, 2.45) is 0 Å². The third-order valence-electron chi connectivity index (χ3n) is 4.51. The maximum Gasteiger partial charge on any atom is 0.166 e. The highest BCUT2D eigenvalue weighted by Crippen LogP contribution is 2.20. The standard InChI is InChI=1S/C22H29NO2.ClH/c1-4-23(5-2)16-17-25-22-9-7-6-8-20(22)21(24)15-14-19-12-10-18(3)11-13-19;/h6-13H,4-5,14-17H2,1-3H3;1H. The van der Waals surface area contributed by atoms with E-state index >= 15 is 0 Å². The predicted octanol–water partition coefficient (Wildman–Crippen LogP) is 4.95. The highest BCUT2D eigenvalue weighted by molar-refractivity contribution is 5.98. The molecule has 4 heteroatoms. The maximum atomic E-state index is 12.6. The number of aryl methyl sites for hydroxylation is 2. The quantitative estimate of drug-likeness (QED) is 0.550. The lowest BCUT2D eigenvalue weighted by molar-refractivity contribution is 0.0978. The van der Waals surface area contributed by atoms with Crippen LogP contribution in [0.2, 0.25) is 0 Å². The first-order valence-corrected chi connectivity index (χ1v) is 9.17. The molecule has 3 nitrogen and oxygen atoms in total. The van der Waals surface area contributed by atoms with Crippen LogP contribution in [0.25, 0.3) is 0 Å². The van der Waals surface area contributed by atoms with Gasteiger partial charge in [-0.2, -0.15) is 0 Å². The normalized spacial score (nSPS) is 10.5. The van der Waals surface area contributed by atoms with E-state index in [1.807, 2.05) is 24.3 Å². The molecule has 0 aliphatic carbocycles. The van der Waals surface area contributed by atoms with Gasteiger partial charge in [-0.05, 0) is 44.1 Å². The van der Waals surface area contributed by atoms with Crippen LogP contribution in [0.15, 0.2) is 48.5 Å².